The predicted octanol–water partition coefficient (Wildman–Crippen LogP) is 1.22. The van der Waals surface area contributed by atoms with Crippen molar-refractivity contribution in [3.63, 3.8) is 0 Å². The molecule has 0 aromatic rings. The van der Waals surface area contributed by atoms with Gasteiger partial charge in [-0.25, -0.2) is 0 Å². The fourth-order valence-corrected chi connectivity index (χ4v) is 1.34. The zero-order valence-corrected chi connectivity index (χ0v) is 7.73. The van der Waals surface area contributed by atoms with Crippen molar-refractivity contribution in [2.45, 2.75) is 32.2 Å². The van der Waals surface area contributed by atoms with Gasteiger partial charge in [0, 0.05) is 12.5 Å². The van der Waals surface area contributed by atoms with Gasteiger partial charge in [-0.05, 0) is 31.4 Å². The second kappa shape index (κ2) is 4.00. The molecule has 1 N–H and O–H groups in total. The molecule has 2 nitrogen and oxygen atoms in total. The first-order valence-electron chi connectivity index (χ1n) is 4.14. The Hall–Kier alpha value is -0.180. The molecule has 1 atom stereocenters. The van der Waals surface area contributed by atoms with E-state index in [4.69, 9.17) is 0 Å². The first kappa shape index (κ1) is 8.91. The molecule has 1 unspecified atom stereocenters. The average Bonchev–Trinajstić information content (AvgIpc) is 2.67. The molecule has 64 valence electrons. The normalized spacial score (nSPS) is 19.5. The van der Waals surface area contributed by atoms with Gasteiger partial charge in [0.2, 0.25) is 5.91 Å². The van der Waals surface area contributed by atoms with Crippen molar-refractivity contribution >= 4 is 18.5 Å². The highest BCUT2D eigenvalue weighted by molar-refractivity contribution is 7.80. The number of hydrogen-bond acceptors (Lipinski definition) is 2. The van der Waals surface area contributed by atoms with Crippen molar-refractivity contribution in [3.8, 4) is 0 Å². The molecule has 0 heterocycles. The van der Waals surface area contributed by atoms with Crippen molar-refractivity contribution in [2.75, 3.05) is 5.75 Å². The number of amides is 1. The monoisotopic (exact) mass is 173 g/mol. The molecule has 1 aliphatic rings. The maximum atomic E-state index is 11.0. The van der Waals surface area contributed by atoms with Crippen molar-refractivity contribution in [2.24, 2.45) is 5.92 Å². The fourth-order valence-electron chi connectivity index (χ4n) is 1.14. The summed E-state index contributed by atoms with van der Waals surface area (Å²) >= 11 is 3.99. The molecule has 1 fully saturated rings. The highest BCUT2D eigenvalue weighted by Crippen LogP contribution is 2.32. The predicted molar refractivity (Wildman–Crippen MR) is 48.8 cm³/mol. The van der Waals surface area contributed by atoms with Crippen LogP contribution in [0.2, 0.25) is 0 Å². The van der Waals surface area contributed by atoms with E-state index >= 15 is 0 Å². The van der Waals surface area contributed by atoms with Crippen molar-refractivity contribution < 1.29 is 4.79 Å². The summed E-state index contributed by atoms with van der Waals surface area (Å²) in [6.45, 7) is 2.08. The van der Waals surface area contributed by atoms with Crippen LogP contribution in [-0.4, -0.2) is 17.7 Å². The van der Waals surface area contributed by atoms with Crippen LogP contribution in [0.25, 0.3) is 0 Å². The van der Waals surface area contributed by atoms with E-state index in [1.807, 2.05) is 0 Å². The third-order valence-corrected chi connectivity index (χ3v) is 2.28. The molecular weight excluding hydrogens is 158 g/mol. The van der Waals surface area contributed by atoms with Crippen molar-refractivity contribution in [1.29, 1.82) is 0 Å². The van der Waals surface area contributed by atoms with E-state index in [2.05, 4.69) is 24.9 Å². The Kier molecular flexibility index (Phi) is 3.24. The fraction of sp³-hybridized carbons (Fsp3) is 0.875. The summed E-state index contributed by atoms with van der Waals surface area (Å²) in [7, 11) is 0. The van der Waals surface area contributed by atoms with Crippen molar-refractivity contribution in [1.82, 2.24) is 5.32 Å². The Bertz CT molecular complexity index is 145. The highest BCUT2D eigenvalue weighted by Gasteiger charge is 2.28. The molecule has 1 rings (SSSR count). The van der Waals surface area contributed by atoms with Gasteiger partial charge in [-0.1, -0.05) is 0 Å². The highest BCUT2D eigenvalue weighted by atomic mass is 32.1. The van der Waals surface area contributed by atoms with E-state index in [1.54, 1.807) is 0 Å². The maximum absolute atomic E-state index is 11.0. The molecule has 0 aliphatic heterocycles. The molecule has 0 bridgehead atoms. The third-order valence-electron chi connectivity index (χ3n) is 2.06. The lowest BCUT2D eigenvalue weighted by atomic mass is 10.2. The SMILES string of the molecule is CC(NC(=O)CCS)C1CC1. The van der Waals surface area contributed by atoms with E-state index in [1.165, 1.54) is 12.8 Å². The Morgan fingerprint density at radius 1 is 1.73 bits per heavy atom. The van der Waals surface area contributed by atoms with Gasteiger partial charge in [0.25, 0.3) is 0 Å². The average molecular weight is 173 g/mol. The van der Waals surface area contributed by atoms with Gasteiger partial charge in [0.05, 0.1) is 0 Å². The minimum absolute atomic E-state index is 0.138. The molecule has 0 radical (unpaired) electrons. The van der Waals surface area contributed by atoms with Crippen LogP contribution in [0.1, 0.15) is 26.2 Å². The third kappa shape index (κ3) is 3.14. The Morgan fingerprint density at radius 3 is 2.82 bits per heavy atom. The zero-order valence-electron chi connectivity index (χ0n) is 6.84. The summed E-state index contributed by atoms with van der Waals surface area (Å²) in [5.74, 6) is 1.53. The lowest BCUT2D eigenvalue weighted by Gasteiger charge is -2.11. The Labute approximate surface area is 73.2 Å². The van der Waals surface area contributed by atoms with Crippen LogP contribution in [0.3, 0.4) is 0 Å². The number of thiol groups is 1. The molecule has 11 heavy (non-hydrogen) atoms. The van der Waals surface area contributed by atoms with E-state index in [0.29, 0.717) is 18.2 Å². The molecule has 0 spiro atoms. The number of carbonyl (C=O) groups excluding carboxylic acids is 1. The molecular formula is C8H15NOS. The number of nitrogens with one attached hydrogen (secondary N) is 1. The Balaban J connectivity index is 2.12. The molecule has 1 saturated carbocycles. The van der Waals surface area contributed by atoms with Crippen LogP contribution >= 0.6 is 12.6 Å². The van der Waals surface area contributed by atoms with Gasteiger partial charge in [0.1, 0.15) is 0 Å². The standard InChI is InChI=1S/C8H15NOS/c1-6(7-2-3-7)9-8(10)4-5-11/h6-7,11H,2-5H2,1H3,(H,9,10). The van der Waals surface area contributed by atoms with Gasteiger partial charge in [0.15, 0.2) is 0 Å². The summed E-state index contributed by atoms with van der Waals surface area (Å²) in [5.41, 5.74) is 0. The second-order valence-corrected chi connectivity index (χ2v) is 3.61. The molecule has 0 aromatic heterocycles. The first-order valence-corrected chi connectivity index (χ1v) is 4.77. The topological polar surface area (TPSA) is 29.1 Å². The molecule has 0 aromatic carbocycles. The van der Waals surface area contributed by atoms with Crippen LogP contribution in [0.5, 0.6) is 0 Å². The van der Waals surface area contributed by atoms with E-state index < -0.39 is 0 Å². The quantitative estimate of drug-likeness (QED) is 0.615. The summed E-state index contributed by atoms with van der Waals surface area (Å²) in [6.07, 6.45) is 3.10. The van der Waals surface area contributed by atoms with Gasteiger partial charge in [-0.2, -0.15) is 12.6 Å². The zero-order chi connectivity index (χ0) is 8.27. The minimum atomic E-state index is 0.138. The van der Waals surface area contributed by atoms with Gasteiger partial charge in [-0.3, -0.25) is 4.79 Å². The lowest BCUT2D eigenvalue weighted by Crippen LogP contribution is -2.33. The number of rotatable bonds is 4. The Morgan fingerprint density at radius 2 is 2.36 bits per heavy atom. The second-order valence-electron chi connectivity index (χ2n) is 3.17. The molecule has 1 aliphatic carbocycles. The van der Waals surface area contributed by atoms with Crippen LogP contribution < -0.4 is 5.32 Å². The van der Waals surface area contributed by atoms with Crippen LogP contribution in [0.4, 0.5) is 0 Å². The van der Waals surface area contributed by atoms with E-state index in [-0.39, 0.29) is 5.91 Å². The maximum Gasteiger partial charge on any atom is 0.221 e. The summed E-state index contributed by atoms with van der Waals surface area (Å²) in [5, 5.41) is 2.95. The van der Waals surface area contributed by atoms with Crippen LogP contribution in [0, 0.1) is 5.92 Å². The van der Waals surface area contributed by atoms with Crippen molar-refractivity contribution in [3.05, 3.63) is 0 Å². The summed E-state index contributed by atoms with van der Waals surface area (Å²) in [6, 6.07) is 0.377. The van der Waals surface area contributed by atoms with Crippen LogP contribution in [-0.2, 0) is 4.79 Å². The minimum Gasteiger partial charge on any atom is -0.353 e. The lowest BCUT2D eigenvalue weighted by molar-refractivity contribution is -0.121. The van der Waals surface area contributed by atoms with Gasteiger partial charge in [-0.15, -0.1) is 0 Å². The van der Waals surface area contributed by atoms with Crippen LogP contribution in [0.15, 0.2) is 0 Å². The first-order chi connectivity index (χ1) is 5.24. The van der Waals surface area contributed by atoms with Gasteiger partial charge < -0.3 is 5.32 Å². The van der Waals surface area contributed by atoms with E-state index in [0.717, 1.165) is 5.92 Å². The largest absolute Gasteiger partial charge is 0.353 e. The smallest absolute Gasteiger partial charge is 0.221 e. The molecule has 0 saturated heterocycles. The molecule has 3 heteroatoms. The van der Waals surface area contributed by atoms with Gasteiger partial charge >= 0.3 is 0 Å². The van der Waals surface area contributed by atoms with E-state index in [9.17, 15) is 4.79 Å². The summed E-state index contributed by atoms with van der Waals surface area (Å²) < 4.78 is 0. The number of hydrogen-bond donors (Lipinski definition) is 2. The summed E-state index contributed by atoms with van der Waals surface area (Å²) in [4.78, 5) is 11.0. The number of carbonyl (C=O) groups is 1. The molecule has 1 amide bonds.